The third-order valence-electron chi connectivity index (χ3n) is 15.0. The average molecular weight is 614 g/mol. The van der Waals surface area contributed by atoms with Crippen molar-refractivity contribution >= 4 is 12.3 Å². The Bertz CT molecular complexity index is 1310. The first-order valence-electron chi connectivity index (χ1n) is 16.9. The molecule has 6 aliphatic carbocycles. The van der Waals surface area contributed by atoms with Crippen molar-refractivity contribution in [2.24, 2.45) is 51.8 Å². The van der Waals surface area contributed by atoms with Crippen molar-refractivity contribution < 1.29 is 39.9 Å². The molecule has 0 radical (unpaired) electrons. The summed E-state index contributed by atoms with van der Waals surface area (Å²) in [4.78, 5) is 26.3. The van der Waals surface area contributed by atoms with Crippen LogP contribution in [0.25, 0.3) is 0 Å². The van der Waals surface area contributed by atoms with Gasteiger partial charge in [-0.2, -0.15) is 0 Å². The van der Waals surface area contributed by atoms with Gasteiger partial charge in [0.2, 0.25) is 0 Å². The maximum Gasteiger partial charge on any atom is 0.331 e. The molecule has 0 spiro atoms. The number of carbonyl (C=O) groups is 2. The van der Waals surface area contributed by atoms with Crippen LogP contribution in [0.2, 0.25) is 0 Å². The smallest absolute Gasteiger partial charge is 0.331 e. The van der Waals surface area contributed by atoms with Gasteiger partial charge in [-0.15, -0.1) is 0 Å². The molecule has 0 bridgehead atoms. The zero-order valence-corrected chi connectivity index (χ0v) is 26.6. The molecule has 6 N–H and O–H groups in total. The Morgan fingerprint density at radius 2 is 1.86 bits per heavy atom. The summed E-state index contributed by atoms with van der Waals surface area (Å²) < 4.78 is 5.79. The molecule has 0 aromatic rings. The molecule has 0 amide bonds. The fraction of sp³-hybridized carbons (Fsp3) is 0.829. The van der Waals surface area contributed by atoms with E-state index < -0.39 is 69.0 Å². The molecule has 0 saturated heterocycles. The van der Waals surface area contributed by atoms with Crippen LogP contribution in [0.4, 0.5) is 0 Å². The van der Waals surface area contributed by atoms with Crippen LogP contribution in [0, 0.1) is 51.8 Å². The van der Waals surface area contributed by atoms with Gasteiger partial charge in [-0.05, 0) is 99.7 Å². The van der Waals surface area contributed by atoms with E-state index in [9.17, 15) is 35.1 Å². The number of allylic oxidation sites excluding steroid dienone is 1. The van der Waals surface area contributed by atoms with Gasteiger partial charge in [0.05, 0.1) is 29.3 Å². The maximum absolute atomic E-state index is 13.6. The molecule has 0 aromatic carbocycles. The van der Waals surface area contributed by atoms with Gasteiger partial charge in [0.25, 0.3) is 0 Å². The zero-order valence-electron chi connectivity index (χ0n) is 26.6. The van der Waals surface area contributed by atoms with Gasteiger partial charge >= 0.3 is 5.97 Å². The number of aliphatic hydroxyl groups is 5. The predicted molar refractivity (Wildman–Crippen MR) is 161 cm³/mol. The summed E-state index contributed by atoms with van der Waals surface area (Å²) >= 11 is 0. The van der Waals surface area contributed by atoms with Crippen LogP contribution < -0.4 is 5.32 Å². The maximum atomic E-state index is 13.6. The first kappa shape index (κ1) is 31.0. The number of aliphatic hydroxyl groups excluding tert-OH is 2. The van der Waals surface area contributed by atoms with Crippen molar-refractivity contribution in [2.75, 3.05) is 20.2 Å². The van der Waals surface area contributed by atoms with Crippen LogP contribution in [0.5, 0.6) is 0 Å². The number of likely N-dealkylation sites (N-methyl/N-ethyl adjacent to an activating group) is 1. The molecule has 7 aliphatic rings. The fourth-order valence-electron chi connectivity index (χ4n) is 12.9. The van der Waals surface area contributed by atoms with Crippen molar-refractivity contribution in [3.8, 4) is 0 Å². The molecule has 5 saturated carbocycles. The van der Waals surface area contributed by atoms with Crippen molar-refractivity contribution in [2.45, 2.75) is 108 Å². The summed E-state index contributed by atoms with van der Waals surface area (Å²) in [5.41, 5.74) is -6.87. The van der Waals surface area contributed by atoms with E-state index in [2.05, 4.69) is 19.2 Å². The van der Waals surface area contributed by atoms with Crippen LogP contribution in [-0.4, -0.2) is 87.0 Å². The van der Waals surface area contributed by atoms with E-state index in [0.29, 0.717) is 50.1 Å². The molecule has 44 heavy (non-hydrogen) atoms. The van der Waals surface area contributed by atoms with E-state index in [1.54, 1.807) is 0 Å². The van der Waals surface area contributed by atoms with E-state index in [1.165, 1.54) is 6.08 Å². The van der Waals surface area contributed by atoms with Gasteiger partial charge < -0.3 is 40.4 Å². The average Bonchev–Trinajstić information content (AvgIpc) is 3.40. The van der Waals surface area contributed by atoms with Crippen LogP contribution in [0.3, 0.4) is 0 Å². The summed E-state index contributed by atoms with van der Waals surface area (Å²) in [7, 11) is 1.82. The molecule has 0 unspecified atom stereocenters. The van der Waals surface area contributed by atoms with E-state index in [-0.39, 0.29) is 37.7 Å². The lowest BCUT2D eigenvalue weighted by Gasteiger charge is -2.72. The number of ether oxygens (including phenoxy) is 1. The topological polar surface area (TPSA) is 157 Å². The lowest BCUT2D eigenvalue weighted by Crippen LogP contribution is -2.81. The summed E-state index contributed by atoms with van der Waals surface area (Å²) in [5.74, 6) is -1.98. The van der Waals surface area contributed by atoms with Crippen molar-refractivity contribution in [3.05, 3.63) is 23.3 Å². The Balaban J connectivity index is 1.42. The number of rotatable bonds is 5. The van der Waals surface area contributed by atoms with Crippen LogP contribution in [0.1, 0.15) is 78.6 Å². The van der Waals surface area contributed by atoms with Crippen molar-refractivity contribution in [1.82, 2.24) is 5.32 Å². The molecule has 0 aromatic heterocycles. The third-order valence-corrected chi connectivity index (χ3v) is 15.0. The third kappa shape index (κ3) is 3.27. The number of carbonyl (C=O) groups excluding carboxylic acids is 2. The second kappa shape index (κ2) is 9.71. The minimum absolute atomic E-state index is 0.113. The predicted octanol–water partition coefficient (Wildman–Crippen LogP) is 2.04. The molecular weight excluding hydrogens is 562 g/mol. The molecule has 13 atom stereocenters. The Labute approximate surface area is 260 Å². The van der Waals surface area contributed by atoms with Crippen molar-refractivity contribution in [1.29, 1.82) is 0 Å². The first-order chi connectivity index (χ1) is 20.7. The molecule has 244 valence electrons. The standard InChI is InChI=1S/C35H51NO8/c1-19(2)20-5-6-24-26(39)7-10-31(17-37)27-8-9-30(3)32(18-38)22(12-21(16-36-4)29-25(32)13-28(40)44-29)15-34(30,42)33(27,41)14-23(11-20)35(24,31)43/h12-13,17,19-20,22-24,26-27,29,36,38-39,41-43H,5-11,14-16,18H2,1-4H3/t20-,22+,23+,24+,26+,27-,29+,30-,31+,32-,33+,34-,35+/m1/s1. The summed E-state index contributed by atoms with van der Waals surface area (Å²) in [6, 6.07) is 0. The molecule has 5 fully saturated rings. The van der Waals surface area contributed by atoms with Gasteiger partial charge in [0.1, 0.15) is 18.0 Å². The summed E-state index contributed by atoms with van der Waals surface area (Å²) in [5, 5.41) is 65.4. The normalized spacial score (nSPS) is 54.1. The van der Waals surface area contributed by atoms with E-state index >= 15 is 0 Å². The second-order valence-corrected chi connectivity index (χ2v) is 16.3. The highest BCUT2D eigenvalue weighted by Crippen LogP contribution is 2.79. The highest BCUT2D eigenvalue weighted by atomic mass is 16.5. The summed E-state index contributed by atoms with van der Waals surface area (Å²) in [6.45, 7) is 6.42. The Morgan fingerprint density at radius 3 is 2.52 bits per heavy atom. The fourth-order valence-corrected chi connectivity index (χ4v) is 12.9. The highest BCUT2D eigenvalue weighted by Gasteiger charge is 2.84. The number of hydrogen-bond donors (Lipinski definition) is 6. The molecule has 7 rings (SSSR count). The minimum atomic E-state index is -1.74. The van der Waals surface area contributed by atoms with Gasteiger partial charge in [0.15, 0.2) is 0 Å². The van der Waals surface area contributed by atoms with Gasteiger partial charge in [-0.25, -0.2) is 4.79 Å². The highest BCUT2D eigenvalue weighted by molar-refractivity contribution is 5.87. The van der Waals surface area contributed by atoms with Crippen LogP contribution >= 0.6 is 0 Å². The van der Waals surface area contributed by atoms with Crippen LogP contribution in [0.15, 0.2) is 23.3 Å². The SMILES string of the molecule is CNCC1=C[C@H]2C[C@@]3(O)[C@](C)(CC[C@H]4[C@@]3(O)C[C@@H]3C[C@H](C(C)C)CC[C@H]5[C@@H](O)CC[C@@]4(C=O)[C@]35O)[C@@]2(CO)C2=CC(=O)O[C@@H]12. The largest absolute Gasteiger partial charge is 0.450 e. The van der Waals surface area contributed by atoms with Crippen LogP contribution in [-0.2, 0) is 14.3 Å². The van der Waals surface area contributed by atoms with E-state index in [0.717, 1.165) is 18.3 Å². The molecular formula is C35H51NO8. The second-order valence-electron chi connectivity index (χ2n) is 16.3. The number of aldehydes is 1. The zero-order chi connectivity index (χ0) is 31.7. The first-order valence-corrected chi connectivity index (χ1v) is 16.9. The molecule has 1 aliphatic heterocycles. The van der Waals surface area contributed by atoms with Gasteiger partial charge in [0, 0.05) is 35.3 Å². The quantitative estimate of drug-likeness (QED) is 0.155. The lowest BCUT2D eigenvalue weighted by atomic mass is 9.35. The van der Waals surface area contributed by atoms with Crippen molar-refractivity contribution in [3.63, 3.8) is 0 Å². The Kier molecular flexibility index (Phi) is 6.84. The van der Waals surface area contributed by atoms with Gasteiger partial charge in [-0.3, -0.25) is 0 Å². The number of esters is 1. The monoisotopic (exact) mass is 613 g/mol. The van der Waals surface area contributed by atoms with Gasteiger partial charge in [-0.1, -0.05) is 26.8 Å². The summed E-state index contributed by atoms with van der Waals surface area (Å²) in [6.07, 6.45) is 6.73. The minimum Gasteiger partial charge on any atom is -0.450 e. The van der Waals surface area contributed by atoms with E-state index in [1.807, 2.05) is 20.0 Å². The molecule has 9 heteroatoms. The Hall–Kier alpha value is -1.62. The number of nitrogens with one attached hydrogen (secondary N) is 1. The number of fused-ring (bicyclic) bond motifs is 8. The number of hydrogen-bond acceptors (Lipinski definition) is 9. The Morgan fingerprint density at radius 1 is 1.11 bits per heavy atom. The molecule has 9 nitrogen and oxygen atoms in total. The lowest BCUT2D eigenvalue weighted by molar-refractivity contribution is -0.345. The van der Waals surface area contributed by atoms with E-state index in [4.69, 9.17) is 4.74 Å². The molecule has 1 heterocycles.